The van der Waals surface area contributed by atoms with Crippen molar-refractivity contribution < 1.29 is 14.9 Å². The molecule has 0 spiro atoms. The molecule has 2 aromatic carbocycles. The molecule has 0 atom stereocenters. The Morgan fingerprint density at radius 3 is 2.71 bits per heavy atom. The smallest absolute Gasteiger partial charge is 0.200 e. The third kappa shape index (κ3) is 2.99. The Kier molecular flexibility index (Phi) is 4.50. The summed E-state index contributed by atoms with van der Waals surface area (Å²) in [6.45, 7) is 5.41. The van der Waals surface area contributed by atoms with E-state index in [1.54, 1.807) is 10.6 Å². The van der Waals surface area contributed by atoms with Crippen LogP contribution in [0.4, 0.5) is 5.69 Å². The second kappa shape index (κ2) is 6.87. The number of nitrogens with one attached hydrogen (secondary N) is 1. The van der Waals surface area contributed by atoms with E-state index in [1.165, 1.54) is 6.07 Å². The van der Waals surface area contributed by atoms with Crippen molar-refractivity contribution >= 4 is 17.9 Å². The summed E-state index contributed by atoms with van der Waals surface area (Å²) in [6, 6.07) is 8.92. The molecule has 0 radical (unpaired) electrons. The summed E-state index contributed by atoms with van der Waals surface area (Å²) in [5.74, 6) is 1.39. The molecule has 0 saturated heterocycles. The number of likely N-dealkylation sites (N-methyl/N-ethyl adjacent to an activating group) is 1. The molecule has 8 heteroatoms. The third-order valence-corrected chi connectivity index (χ3v) is 5.25. The van der Waals surface area contributed by atoms with Crippen molar-refractivity contribution in [3.05, 3.63) is 40.7 Å². The van der Waals surface area contributed by atoms with Crippen LogP contribution in [0.25, 0.3) is 17.1 Å². The quantitative estimate of drug-likeness (QED) is 0.579. The molecule has 0 aliphatic carbocycles. The van der Waals surface area contributed by atoms with Crippen molar-refractivity contribution in [3.63, 3.8) is 0 Å². The van der Waals surface area contributed by atoms with Gasteiger partial charge in [-0.15, -0.1) is 0 Å². The maximum atomic E-state index is 10.5. The third-order valence-electron chi connectivity index (χ3n) is 4.98. The number of fused-ring (bicyclic) bond motifs is 1. The van der Waals surface area contributed by atoms with E-state index in [0.29, 0.717) is 22.8 Å². The normalized spacial score (nSPS) is 13.5. The molecule has 146 valence electrons. The molecule has 1 aliphatic rings. The number of aromatic amines is 1. The van der Waals surface area contributed by atoms with Gasteiger partial charge >= 0.3 is 0 Å². The first-order valence-corrected chi connectivity index (χ1v) is 9.49. The zero-order valence-electron chi connectivity index (χ0n) is 15.9. The van der Waals surface area contributed by atoms with Crippen LogP contribution in [0.5, 0.6) is 17.2 Å². The van der Waals surface area contributed by atoms with Gasteiger partial charge in [-0.25, -0.2) is 0 Å². The molecular formula is C20H22N4O3S. The summed E-state index contributed by atoms with van der Waals surface area (Å²) in [5.41, 5.74) is 3.00. The minimum atomic E-state index is -0.0597. The van der Waals surface area contributed by atoms with Crippen molar-refractivity contribution in [1.29, 1.82) is 0 Å². The van der Waals surface area contributed by atoms with Crippen molar-refractivity contribution in [2.75, 3.05) is 25.1 Å². The number of H-pyrrole nitrogens is 1. The van der Waals surface area contributed by atoms with Gasteiger partial charge in [0.25, 0.3) is 0 Å². The Morgan fingerprint density at radius 2 is 1.96 bits per heavy atom. The first-order chi connectivity index (χ1) is 13.4. The van der Waals surface area contributed by atoms with Crippen LogP contribution in [0.2, 0.25) is 0 Å². The van der Waals surface area contributed by atoms with Gasteiger partial charge in [-0.05, 0) is 48.0 Å². The predicted molar refractivity (Wildman–Crippen MR) is 110 cm³/mol. The molecule has 3 aromatic rings. The summed E-state index contributed by atoms with van der Waals surface area (Å²) in [4.78, 5) is 2.13. The van der Waals surface area contributed by atoms with Crippen LogP contribution < -0.4 is 9.64 Å². The number of benzene rings is 2. The van der Waals surface area contributed by atoms with Crippen LogP contribution in [0.3, 0.4) is 0 Å². The van der Waals surface area contributed by atoms with Crippen molar-refractivity contribution in [2.45, 2.75) is 19.8 Å². The average Bonchev–Trinajstić information content (AvgIpc) is 3.03. The van der Waals surface area contributed by atoms with Gasteiger partial charge in [0.1, 0.15) is 23.9 Å². The van der Waals surface area contributed by atoms with E-state index in [1.807, 2.05) is 39.1 Å². The summed E-state index contributed by atoms with van der Waals surface area (Å²) in [5, 5.41) is 27.8. The Labute approximate surface area is 167 Å². The molecule has 3 N–H and O–H groups in total. The van der Waals surface area contributed by atoms with E-state index >= 15 is 0 Å². The fraction of sp³-hybridized carbons (Fsp3) is 0.300. The van der Waals surface area contributed by atoms with Crippen molar-refractivity contribution in [2.24, 2.45) is 0 Å². The summed E-state index contributed by atoms with van der Waals surface area (Å²) < 4.78 is 7.90. The van der Waals surface area contributed by atoms with Gasteiger partial charge < -0.3 is 19.8 Å². The van der Waals surface area contributed by atoms with Crippen molar-refractivity contribution in [1.82, 2.24) is 14.8 Å². The molecule has 1 aliphatic heterocycles. The Bertz CT molecular complexity index is 1100. The number of phenolic OH excluding ortho intramolecular Hbond substituents is 2. The molecule has 0 fully saturated rings. The number of aromatic hydroxyl groups is 2. The number of hydrogen-bond acceptors (Lipinski definition) is 6. The van der Waals surface area contributed by atoms with E-state index in [2.05, 4.69) is 15.1 Å². The second-order valence-electron chi connectivity index (χ2n) is 7.19. The highest BCUT2D eigenvalue weighted by Gasteiger charge is 2.21. The Balaban J connectivity index is 1.90. The van der Waals surface area contributed by atoms with Crippen LogP contribution in [-0.2, 0) is 0 Å². The van der Waals surface area contributed by atoms with E-state index in [-0.39, 0.29) is 17.4 Å². The van der Waals surface area contributed by atoms with E-state index in [4.69, 9.17) is 17.0 Å². The number of anilines is 1. The van der Waals surface area contributed by atoms with E-state index in [9.17, 15) is 10.2 Å². The zero-order chi connectivity index (χ0) is 20.0. The zero-order valence-corrected chi connectivity index (χ0v) is 16.7. The average molecular weight is 398 g/mol. The molecule has 28 heavy (non-hydrogen) atoms. The second-order valence-corrected chi connectivity index (χ2v) is 7.58. The van der Waals surface area contributed by atoms with Gasteiger partial charge in [0.05, 0.1) is 23.5 Å². The number of hydrogen-bond donors (Lipinski definition) is 3. The summed E-state index contributed by atoms with van der Waals surface area (Å²) in [6.07, 6.45) is 0. The maximum absolute atomic E-state index is 10.5. The van der Waals surface area contributed by atoms with Gasteiger partial charge in [0.15, 0.2) is 10.6 Å². The first-order valence-electron chi connectivity index (χ1n) is 9.09. The molecule has 0 unspecified atom stereocenters. The number of rotatable bonds is 3. The van der Waals surface area contributed by atoms with Crippen LogP contribution in [-0.4, -0.2) is 45.2 Å². The lowest BCUT2D eigenvalue weighted by Crippen LogP contribution is -2.28. The van der Waals surface area contributed by atoms with Crippen molar-refractivity contribution in [3.8, 4) is 34.3 Å². The molecular weight excluding hydrogens is 376 g/mol. The molecule has 2 heterocycles. The van der Waals surface area contributed by atoms with Gasteiger partial charge in [0, 0.05) is 13.1 Å². The van der Waals surface area contributed by atoms with Crippen LogP contribution in [0.15, 0.2) is 30.3 Å². The van der Waals surface area contributed by atoms with E-state index < -0.39 is 0 Å². The summed E-state index contributed by atoms with van der Waals surface area (Å²) in [7, 11) is 2.02. The number of aromatic nitrogens is 3. The predicted octanol–water partition coefficient (Wildman–Crippen LogP) is 3.96. The molecule has 4 rings (SSSR count). The SMILES string of the molecule is CC(C)c1cc(-c2n[nH]c(=S)n2-c2ccc3c(c2)N(C)CCO3)c(O)cc1O. The molecule has 7 nitrogen and oxygen atoms in total. The van der Waals surface area contributed by atoms with E-state index in [0.717, 1.165) is 29.2 Å². The lowest BCUT2D eigenvalue weighted by Gasteiger charge is -2.28. The van der Waals surface area contributed by atoms with Gasteiger partial charge in [-0.2, -0.15) is 5.10 Å². The molecule has 0 amide bonds. The number of nitrogens with zero attached hydrogens (tertiary/aromatic N) is 3. The van der Waals surface area contributed by atoms with Crippen LogP contribution in [0.1, 0.15) is 25.3 Å². The first kappa shape index (κ1) is 18.4. The summed E-state index contributed by atoms with van der Waals surface area (Å²) >= 11 is 5.46. The minimum absolute atomic E-state index is 0.0597. The van der Waals surface area contributed by atoms with Gasteiger partial charge in [-0.1, -0.05) is 13.8 Å². The largest absolute Gasteiger partial charge is 0.508 e. The highest BCUT2D eigenvalue weighted by molar-refractivity contribution is 7.71. The molecule has 1 aromatic heterocycles. The highest BCUT2D eigenvalue weighted by Crippen LogP contribution is 2.39. The van der Waals surface area contributed by atoms with Crippen LogP contribution in [0, 0.1) is 4.77 Å². The fourth-order valence-corrected chi connectivity index (χ4v) is 3.67. The topological polar surface area (TPSA) is 86.5 Å². The van der Waals surface area contributed by atoms with Crippen LogP contribution >= 0.6 is 12.2 Å². The number of ether oxygens (including phenoxy) is 1. The molecule has 0 bridgehead atoms. The Hall–Kier alpha value is -3.00. The monoisotopic (exact) mass is 398 g/mol. The van der Waals surface area contributed by atoms with Gasteiger partial charge in [-0.3, -0.25) is 9.67 Å². The Morgan fingerprint density at radius 1 is 1.18 bits per heavy atom. The van der Waals surface area contributed by atoms with Gasteiger partial charge in [0.2, 0.25) is 0 Å². The molecule has 0 saturated carbocycles. The lowest BCUT2D eigenvalue weighted by atomic mass is 9.98. The highest BCUT2D eigenvalue weighted by atomic mass is 32.1. The fourth-order valence-electron chi connectivity index (χ4n) is 3.43. The minimum Gasteiger partial charge on any atom is -0.508 e. The standard InChI is InChI=1S/C20H22N4O3S/c1-11(2)13-9-14(17(26)10-16(13)25)19-21-22-20(28)24(19)12-4-5-18-15(8-12)23(3)6-7-27-18/h4-5,8-11,25-26H,6-7H2,1-3H3,(H,22,28). The number of phenols is 2. The lowest BCUT2D eigenvalue weighted by molar-refractivity contribution is 0.311. The maximum Gasteiger partial charge on any atom is 0.200 e.